The van der Waals surface area contributed by atoms with E-state index >= 15 is 0 Å². The van der Waals surface area contributed by atoms with Gasteiger partial charge in [-0.3, -0.25) is 0 Å². The third-order valence-corrected chi connectivity index (χ3v) is 4.51. The number of rotatable bonds is 2. The Kier molecular flexibility index (Phi) is 3.11. The second kappa shape index (κ2) is 4.28. The number of nitrogens with two attached hydrogens (primary N) is 1. The Labute approximate surface area is 107 Å². The first-order valence-corrected chi connectivity index (χ1v) is 6.66. The lowest BCUT2D eigenvalue weighted by atomic mass is 10.0. The zero-order valence-corrected chi connectivity index (χ0v) is 11.7. The van der Waals surface area contributed by atoms with Crippen LogP contribution in [0.3, 0.4) is 0 Å². The second-order valence-corrected chi connectivity index (χ2v) is 6.27. The average Bonchev–Trinajstić information content (AvgIpc) is 2.70. The summed E-state index contributed by atoms with van der Waals surface area (Å²) in [6, 6.07) is 10.9. The van der Waals surface area contributed by atoms with Crippen LogP contribution in [0.5, 0.6) is 0 Å². The Morgan fingerprint density at radius 2 is 1.71 bits per heavy atom. The van der Waals surface area contributed by atoms with E-state index in [1.807, 2.05) is 13.8 Å². The normalized spacial score (nSPS) is 11.8. The largest absolute Gasteiger partial charge is 0.321 e. The van der Waals surface area contributed by atoms with E-state index in [0.717, 1.165) is 0 Å². The first-order valence-electron chi connectivity index (χ1n) is 5.85. The Morgan fingerprint density at radius 3 is 2.24 bits per heavy atom. The van der Waals surface area contributed by atoms with Crippen molar-refractivity contribution in [3.63, 3.8) is 0 Å². The van der Waals surface area contributed by atoms with Gasteiger partial charge >= 0.3 is 0 Å². The van der Waals surface area contributed by atoms with Crippen molar-refractivity contribution in [2.24, 2.45) is 5.73 Å². The first kappa shape index (κ1) is 12.3. The van der Waals surface area contributed by atoms with Gasteiger partial charge in [0.05, 0.1) is 0 Å². The third kappa shape index (κ3) is 2.59. The topological polar surface area (TPSA) is 26.0 Å². The van der Waals surface area contributed by atoms with E-state index < -0.39 is 0 Å². The molecule has 0 unspecified atom stereocenters. The van der Waals surface area contributed by atoms with Crippen molar-refractivity contribution < 1.29 is 0 Å². The molecule has 0 aliphatic rings. The fourth-order valence-electron chi connectivity index (χ4n) is 1.73. The maximum Gasteiger partial charge on any atom is 0.0446 e. The van der Waals surface area contributed by atoms with Gasteiger partial charge < -0.3 is 5.73 Å². The fourth-order valence-corrected chi connectivity index (χ4v) is 2.75. The van der Waals surface area contributed by atoms with Crippen molar-refractivity contribution in [1.82, 2.24) is 0 Å². The van der Waals surface area contributed by atoms with Crippen LogP contribution < -0.4 is 5.73 Å². The summed E-state index contributed by atoms with van der Waals surface area (Å²) in [5, 5.41) is 0. The van der Waals surface area contributed by atoms with Crippen LogP contribution >= 0.6 is 11.3 Å². The number of aryl methyl sites for hydroxylation is 2. The molecule has 0 amide bonds. The molecule has 0 atom stereocenters. The van der Waals surface area contributed by atoms with Gasteiger partial charge in [-0.25, -0.2) is 0 Å². The number of thiophene rings is 1. The van der Waals surface area contributed by atoms with Crippen molar-refractivity contribution in [2.45, 2.75) is 33.2 Å². The SMILES string of the molecule is Cc1ccc(-c2ccc(C(C)(C)N)s2)cc1C. The molecule has 0 aliphatic carbocycles. The second-order valence-electron chi connectivity index (χ2n) is 5.18. The molecule has 2 rings (SSSR count). The molecule has 0 bridgehead atoms. The minimum atomic E-state index is -0.247. The quantitative estimate of drug-likeness (QED) is 0.842. The summed E-state index contributed by atoms with van der Waals surface area (Å²) < 4.78 is 0. The van der Waals surface area contributed by atoms with Gasteiger partial charge in [-0.1, -0.05) is 18.2 Å². The molecule has 0 saturated heterocycles. The van der Waals surface area contributed by atoms with Gasteiger partial charge in [0.2, 0.25) is 0 Å². The number of benzene rings is 1. The smallest absolute Gasteiger partial charge is 0.0446 e. The Hall–Kier alpha value is -1.12. The van der Waals surface area contributed by atoms with Gasteiger partial charge in [-0.2, -0.15) is 0 Å². The van der Waals surface area contributed by atoms with Crippen LogP contribution in [0.4, 0.5) is 0 Å². The lowest BCUT2D eigenvalue weighted by Gasteiger charge is -2.15. The molecular formula is C15H19NS. The maximum absolute atomic E-state index is 6.11. The van der Waals surface area contributed by atoms with Gasteiger partial charge in [0, 0.05) is 15.3 Å². The van der Waals surface area contributed by atoms with Crippen molar-refractivity contribution in [2.75, 3.05) is 0 Å². The highest BCUT2D eigenvalue weighted by atomic mass is 32.1. The average molecular weight is 245 g/mol. The highest BCUT2D eigenvalue weighted by molar-refractivity contribution is 7.15. The predicted octanol–water partition coefficient (Wildman–Crippen LogP) is 4.23. The molecule has 0 aliphatic heterocycles. The van der Waals surface area contributed by atoms with Crippen molar-refractivity contribution >= 4 is 11.3 Å². The molecule has 17 heavy (non-hydrogen) atoms. The predicted molar refractivity (Wildman–Crippen MR) is 76.4 cm³/mol. The van der Waals surface area contributed by atoms with Crippen LogP contribution in [0.2, 0.25) is 0 Å². The molecule has 0 fully saturated rings. The number of hydrogen-bond donors (Lipinski definition) is 1. The summed E-state index contributed by atoms with van der Waals surface area (Å²) in [6.45, 7) is 8.38. The van der Waals surface area contributed by atoms with Crippen molar-refractivity contribution in [3.05, 3.63) is 46.3 Å². The number of hydrogen-bond acceptors (Lipinski definition) is 2. The fraction of sp³-hybridized carbons (Fsp3) is 0.333. The minimum Gasteiger partial charge on any atom is -0.321 e. The molecule has 1 aromatic carbocycles. The zero-order valence-electron chi connectivity index (χ0n) is 10.9. The van der Waals surface area contributed by atoms with E-state index in [4.69, 9.17) is 5.73 Å². The van der Waals surface area contributed by atoms with E-state index in [-0.39, 0.29) is 5.54 Å². The molecule has 2 heteroatoms. The molecule has 1 aromatic heterocycles. The van der Waals surface area contributed by atoms with Crippen LogP contribution in [0, 0.1) is 13.8 Å². The maximum atomic E-state index is 6.11. The highest BCUT2D eigenvalue weighted by Gasteiger charge is 2.16. The van der Waals surface area contributed by atoms with Gasteiger partial charge in [-0.15, -0.1) is 11.3 Å². The van der Waals surface area contributed by atoms with E-state index in [1.165, 1.54) is 26.4 Å². The summed E-state index contributed by atoms with van der Waals surface area (Å²) in [6.07, 6.45) is 0. The zero-order chi connectivity index (χ0) is 12.6. The minimum absolute atomic E-state index is 0.247. The van der Waals surface area contributed by atoms with E-state index in [9.17, 15) is 0 Å². The Balaban J connectivity index is 2.40. The third-order valence-electron chi connectivity index (χ3n) is 3.03. The Morgan fingerprint density at radius 1 is 1.00 bits per heavy atom. The van der Waals surface area contributed by atoms with Crippen LogP contribution in [0.25, 0.3) is 10.4 Å². The van der Waals surface area contributed by atoms with Gasteiger partial charge in [0.1, 0.15) is 0 Å². The molecule has 1 heterocycles. The summed E-state index contributed by atoms with van der Waals surface area (Å²) in [5.41, 5.74) is 9.83. The summed E-state index contributed by atoms with van der Waals surface area (Å²) in [7, 11) is 0. The molecule has 90 valence electrons. The molecule has 0 spiro atoms. The van der Waals surface area contributed by atoms with Gasteiger partial charge in [-0.05, 0) is 56.5 Å². The summed E-state index contributed by atoms with van der Waals surface area (Å²) in [5.74, 6) is 0. The van der Waals surface area contributed by atoms with Gasteiger partial charge in [0.25, 0.3) is 0 Å². The first-order chi connectivity index (χ1) is 7.88. The standard InChI is InChI=1S/C15H19NS/c1-10-5-6-12(9-11(10)2)13-7-8-14(17-13)15(3,4)16/h5-9H,16H2,1-4H3. The van der Waals surface area contributed by atoms with Crippen molar-refractivity contribution in [1.29, 1.82) is 0 Å². The van der Waals surface area contributed by atoms with Crippen molar-refractivity contribution in [3.8, 4) is 10.4 Å². The lowest BCUT2D eigenvalue weighted by Crippen LogP contribution is -2.27. The summed E-state index contributed by atoms with van der Waals surface area (Å²) in [4.78, 5) is 2.52. The monoisotopic (exact) mass is 245 g/mol. The van der Waals surface area contributed by atoms with E-state index in [2.05, 4.69) is 44.2 Å². The van der Waals surface area contributed by atoms with Crippen LogP contribution in [-0.2, 0) is 5.54 Å². The van der Waals surface area contributed by atoms with Gasteiger partial charge in [0.15, 0.2) is 0 Å². The molecule has 1 nitrogen and oxygen atoms in total. The molecular weight excluding hydrogens is 226 g/mol. The Bertz CT molecular complexity index is 532. The lowest BCUT2D eigenvalue weighted by molar-refractivity contribution is 0.567. The molecule has 2 aromatic rings. The van der Waals surface area contributed by atoms with E-state index in [0.29, 0.717) is 0 Å². The molecule has 0 radical (unpaired) electrons. The van der Waals surface area contributed by atoms with E-state index in [1.54, 1.807) is 11.3 Å². The van der Waals surface area contributed by atoms with Crippen LogP contribution in [0.1, 0.15) is 29.9 Å². The molecule has 0 saturated carbocycles. The van der Waals surface area contributed by atoms with Crippen LogP contribution in [-0.4, -0.2) is 0 Å². The molecule has 2 N–H and O–H groups in total. The van der Waals surface area contributed by atoms with Crippen LogP contribution in [0.15, 0.2) is 30.3 Å². The summed E-state index contributed by atoms with van der Waals surface area (Å²) >= 11 is 1.78. The highest BCUT2D eigenvalue weighted by Crippen LogP contribution is 2.33.